The Morgan fingerprint density at radius 1 is 1.11 bits per heavy atom. The number of aromatic nitrogens is 1. The number of fused-ring (bicyclic) bond motifs is 4. The van der Waals surface area contributed by atoms with Gasteiger partial charge in [-0.05, 0) is 49.3 Å². The minimum Gasteiger partial charge on any atom is -0.299 e. The van der Waals surface area contributed by atoms with Crippen LogP contribution >= 0.6 is 0 Å². The van der Waals surface area contributed by atoms with Gasteiger partial charge in [-0.15, -0.1) is 0 Å². The zero-order valence-corrected chi connectivity index (χ0v) is 10.9. The number of Topliss-reactive ketones (excluding diaryl/α,β-unsaturated/α-hetero) is 1. The molecule has 19 heavy (non-hydrogen) atoms. The molecule has 4 rings (SSSR count). The topological polar surface area (TPSA) is 30.0 Å². The number of carbonyl (C=O) groups is 1. The van der Waals surface area contributed by atoms with E-state index in [0.29, 0.717) is 11.7 Å². The van der Waals surface area contributed by atoms with E-state index in [1.807, 2.05) is 18.2 Å². The monoisotopic (exact) mass is 251 g/mol. The molecule has 0 spiro atoms. The van der Waals surface area contributed by atoms with Crippen LogP contribution in [0.3, 0.4) is 0 Å². The van der Waals surface area contributed by atoms with E-state index in [-0.39, 0.29) is 5.92 Å². The van der Waals surface area contributed by atoms with E-state index in [9.17, 15) is 4.79 Å². The molecule has 2 aliphatic rings. The highest BCUT2D eigenvalue weighted by atomic mass is 16.1. The highest BCUT2D eigenvalue weighted by Crippen LogP contribution is 2.43. The van der Waals surface area contributed by atoms with E-state index in [2.05, 4.69) is 12.1 Å². The van der Waals surface area contributed by atoms with Gasteiger partial charge in [-0.3, -0.25) is 9.78 Å². The van der Waals surface area contributed by atoms with Crippen LogP contribution in [0.1, 0.15) is 42.9 Å². The van der Waals surface area contributed by atoms with Crippen LogP contribution < -0.4 is 0 Å². The minimum absolute atomic E-state index is 0.0853. The third kappa shape index (κ3) is 1.70. The van der Waals surface area contributed by atoms with Crippen molar-refractivity contribution >= 4 is 16.7 Å². The summed E-state index contributed by atoms with van der Waals surface area (Å²) in [7, 11) is 0. The molecule has 1 fully saturated rings. The van der Waals surface area contributed by atoms with Crippen LogP contribution in [0.15, 0.2) is 30.3 Å². The molecule has 2 aromatic rings. The molecule has 0 bridgehead atoms. The lowest BCUT2D eigenvalue weighted by atomic mass is 9.69. The van der Waals surface area contributed by atoms with Gasteiger partial charge in [0.25, 0.3) is 0 Å². The lowest BCUT2D eigenvalue weighted by Crippen LogP contribution is -2.31. The second-order valence-corrected chi connectivity index (χ2v) is 5.86. The van der Waals surface area contributed by atoms with Gasteiger partial charge < -0.3 is 0 Å². The molecule has 0 N–H and O–H groups in total. The fourth-order valence-electron chi connectivity index (χ4n) is 3.80. The summed E-state index contributed by atoms with van der Waals surface area (Å²) < 4.78 is 0. The number of benzene rings is 1. The van der Waals surface area contributed by atoms with Crippen LogP contribution in [0, 0.1) is 5.92 Å². The average molecular weight is 251 g/mol. The number of ketones is 1. The van der Waals surface area contributed by atoms with Crippen LogP contribution in [0.25, 0.3) is 10.9 Å². The third-order valence-electron chi connectivity index (χ3n) is 4.73. The van der Waals surface area contributed by atoms with E-state index in [1.54, 1.807) is 0 Å². The fourth-order valence-corrected chi connectivity index (χ4v) is 3.80. The van der Waals surface area contributed by atoms with Gasteiger partial charge in [-0.1, -0.05) is 18.2 Å². The molecule has 2 atom stereocenters. The smallest absolute Gasteiger partial charge is 0.142 e. The first-order chi connectivity index (χ1) is 9.33. The summed E-state index contributed by atoms with van der Waals surface area (Å²) in [6, 6.07) is 10.5. The minimum atomic E-state index is 0.0853. The first-order valence-electron chi connectivity index (χ1n) is 7.24. The number of para-hydroxylation sites is 1. The normalized spacial score (nSPS) is 26.0. The van der Waals surface area contributed by atoms with E-state index < -0.39 is 0 Å². The third-order valence-corrected chi connectivity index (χ3v) is 4.73. The Bertz CT molecular complexity index is 661. The predicted octanol–water partition coefficient (Wildman–Crippen LogP) is 3.63. The average Bonchev–Trinajstić information content (AvgIpc) is 2.45. The molecule has 2 unspecified atom stereocenters. The molecule has 1 aromatic heterocycles. The summed E-state index contributed by atoms with van der Waals surface area (Å²) in [6.07, 6.45) is 5.26. The lowest BCUT2D eigenvalue weighted by Gasteiger charge is -2.35. The Kier molecular flexibility index (Phi) is 2.44. The molecule has 2 aliphatic carbocycles. The Morgan fingerprint density at radius 3 is 2.95 bits per heavy atom. The first kappa shape index (κ1) is 11.2. The van der Waals surface area contributed by atoms with Crippen molar-refractivity contribution in [3.8, 4) is 0 Å². The number of hydrogen-bond donors (Lipinski definition) is 0. The molecule has 0 aliphatic heterocycles. The van der Waals surface area contributed by atoms with Gasteiger partial charge in [0.15, 0.2) is 0 Å². The zero-order valence-electron chi connectivity index (χ0n) is 10.9. The van der Waals surface area contributed by atoms with Crippen LogP contribution in [-0.2, 0) is 11.2 Å². The largest absolute Gasteiger partial charge is 0.299 e. The maximum atomic E-state index is 12.3. The second-order valence-electron chi connectivity index (χ2n) is 5.86. The summed E-state index contributed by atoms with van der Waals surface area (Å²) in [5.41, 5.74) is 3.41. The SMILES string of the molecule is O=C1CCCC2CCc3cc4ccccc4nc3C12. The molecule has 1 aromatic carbocycles. The Hall–Kier alpha value is -1.70. The van der Waals surface area contributed by atoms with Gasteiger partial charge in [-0.2, -0.15) is 0 Å². The van der Waals surface area contributed by atoms with Crippen molar-refractivity contribution in [3.05, 3.63) is 41.6 Å². The highest BCUT2D eigenvalue weighted by Gasteiger charge is 2.38. The van der Waals surface area contributed by atoms with Gasteiger partial charge in [0.2, 0.25) is 0 Å². The van der Waals surface area contributed by atoms with Gasteiger partial charge in [-0.25, -0.2) is 0 Å². The quantitative estimate of drug-likeness (QED) is 0.715. The van der Waals surface area contributed by atoms with Crippen LogP contribution in [0.4, 0.5) is 0 Å². The summed E-state index contributed by atoms with van der Waals surface area (Å²) in [5.74, 6) is 1.05. The van der Waals surface area contributed by atoms with Crippen molar-refractivity contribution in [1.82, 2.24) is 4.98 Å². The summed E-state index contributed by atoms with van der Waals surface area (Å²) in [4.78, 5) is 17.1. The maximum absolute atomic E-state index is 12.3. The van der Waals surface area contributed by atoms with Gasteiger partial charge >= 0.3 is 0 Å². The van der Waals surface area contributed by atoms with Gasteiger partial charge in [0.1, 0.15) is 5.78 Å². The number of hydrogen-bond acceptors (Lipinski definition) is 2. The summed E-state index contributed by atoms with van der Waals surface area (Å²) in [6.45, 7) is 0. The molecule has 2 heteroatoms. The number of carbonyl (C=O) groups excluding carboxylic acids is 1. The van der Waals surface area contributed by atoms with Gasteiger partial charge in [0.05, 0.1) is 17.1 Å². The van der Waals surface area contributed by atoms with E-state index >= 15 is 0 Å². The van der Waals surface area contributed by atoms with Crippen LogP contribution in [0.2, 0.25) is 0 Å². The molecular weight excluding hydrogens is 234 g/mol. The molecule has 0 amide bonds. The molecule has 2 nitrogen and oxygen atoms in total. The van der Waals surface area contributed by atoms with Crippen molar-refractivity contribution in [2.24, 2.45) is 5.92 Å². The van der Waals surface area contributed by atoms with Crippen molar-refractivity contribution in [1.29, 1.82) is 0 Å². The molecule has 0 saturated heterocycles. The second kappa shape index (κ2) is 4.16. The number of aryl methyl sites for hydroxylation is 1. The van der Waals surface area contributed by atoms with Crippen molar-refractivity contribution in [2.75, 3.05) is 0 Å². The Morgan fingerprint density at radius 2 is 2.00 bits per heavy atom. The van der Waals surface area contributed by atoms with E-state index in [0.717, 1.165) is 36.9 Å². The number of rotatable bonds is 0. The van der Waals surface area contributed by atoms with Crippen LogP contribution in [0.5, 0.6) is 0 Å². The molecule has 1 heterocycles. The molecular formula is C17H17NO. The van der Waals surface area contributed by atoms with Crippen molar-refractivity contribution in [3.63, 3.8) is 0 Å². The van der Waals surface area contributed by atoms with E-state index in [1.165, 1.54) is 17.4 Å². The zero-order chi connectivity index (χ0) is 12.8. The molecule has 96 valence electrons. The fraction of sp³-hybridized carbons (Fsp3) is 0.412. The predicted molar refractivity (Wildman–Crippen MR) is 75.2 cm³/mol. The van der Waals surface area contributed by atoms with E-state index in [4.69, 9.17) is 4.98 Å². The molecule has 1 saturated carbocycles. The number of nitrogens with zero attached hydrogens (tertiary/aromatic N) is 1. The van der Waals surface area contributed by atoms with Gasteiger partial charge in [0, 0.05) is 11.8 Å². The lowest BCUT2D eigenvalue weighted by molar-refractivity contribution is -0.123. The first-order valence-corrected chi connectivity index (χ1v) is 7.24. The highest BCUT2D eigenvalue weighted by molar-refractivity contribution is 5.88. The summed E-state index contributed by atoms with van der Waals surface area (Å²) in [5, 5.41) is 1.20. The Labute approximate surface area is 112 Å². The number of pyridine rings is 1. The standard InChI is InChI=1S/C17H17NO/c19-15-7-3-5-11-8-9-13-10-12-4-1-2-6-14(12)18-17(13)16(11)15/h1-2,4,6,10-11,16H,3,5,7-9H2. The van der Waals surface area contributed by atoms with Crippen molar-refractivity contribution in [2.45, 2.75) is 38.0 Å². The van der Waals surface area contributed by atoms with Crippen LogP contribution in [-0.4, -0.2) is 10.8 Å². The summed E-state index contributed by atoms with van der Waals surface area (Å²) >= 11 is 0. The van der Waals surface area contributed by atoms with Crippen molar-refractivity contribution < 1.29 is 4.79 Å². The Balaban J connectivity index is 1.91. The molecule has 0 radical (unpaired) electrons. The maximum Gasteiger partial charge on any atom is 0.142 e.